The van der Waals surface area contributed by atoms with E-state index in [1.54, 1.807) is 50.6 Å². The molecule has 0 radical (unpaired) electrons. The number of furan rings is 1. The van der Waals surface area contributed by atoms with Gasteiger partial charge in [-0.05, 0) is 91.8 Å². The lowest BCUT2D eigenvalue weighted by molar-refractivity contribution is -0.145. The number of aromatic nitrogens is 4. The number of rotatable bonds is 17. The third kappa shape index (κ3) is 10.1. The highest BCUT2D eigenvalue weighted by Crippen LogP contribution is 2.47. The Morgan fingerprint density at radius 3 is 2.45 bits per heavy atom. The topological polar surface area (TPSA) is 186 Å². The highest BCUT2D eigenvalue weighted by atomic mass is 35.5. The first-order valence-electron chi connectivity index (χ1n) is 20.8. The Bertz CT molecular complexity index is 2800. The predicted molar refractivity (Wildman–Crippen MR) is 240 cm³/mol. The number of fused-ring (bicyclic) bond motifs is 1. The van der Waals surface area contributed by atoms with E-state index in [-0.39, 0.29) is 58.9 Å². The van der Waals surface area contributed by atoms with Gasteiger partial charge in [0.2, 0.25) is 17.7 Å². The van der Waals surface area contributed by atoms with Crippen molar-refractivity contribution in [1.82, 2.24) is 29.7 Å². The number of halogens is 2. The quantitative estimate of drug-likeness (QED) is 0.0817. The molecule has 7 aromatic rings. The summed E-state index contributed by atoms with van der Waals surface area (Å²) in [5.41, 5.74) is 3.64. The van der Waals surface area contributed by atoms with Gasteiger partial charge in [0.25, 0.3) is 0 Å². The molecule has 2 unspecified atom stereocenters. The van der Waals surface area contributed by atoms with E-state index in [4.69, 9.17) is 35.0 Å². The molecule has 2 atom stereocenters. The maximum absolute atomic E-state index is 14.2. The number of likely N-dealkylation sites (N-methyl/N-ethyl adjacent to an activating group) is 1. The number of benzene rings is 4. The Morgan fingerprint density at radius 2 is 1.69 bits per heavy atom. The van der Waals surface area contributed by atoms with Gasteiger partial charge in [-0.2, -0.15) is 0 Å². The molecule has 1 aliphatic heterocycles. The number of aliphatic hydroxyl groups excluding tert-OH is 1. The van der Waals surface area contributed by atoms with Gasteiger partial charge >= 0.3 is 5.97 Å². The Kier molecular flexibility index (Phi) is 13.7. The molecule has 4 aromatic carbocycles. The molecule has 1 saturated heterocycles. The molecule has 0 amide bonds. The molecule has 8 rings (SSSR count). The standard InChI is InChI=1S/C48H46ClFN6O9/c1-28-35(13-15-39(43(28)49)63-34(25-57)24-56-20-18-55(2)19-21-56)41-42-46(52-27-53-47(42)65-44(41)29-8-10-31(50)11-9-29)64-40(48(59)60)23-30-22-33(58)12-14-37(30)62-26-32-16-17-51-45(54-32)36-6-4-5-7-38(36)61-3/h4-17,22,27,34,40,57-58H,18-21,23-26H2,1-3H3,(H,59,60). The summed E-state index contributed by atoms with van der Waals surface area (Å²) >= 11 is 7.05. The van der Waals surface area contributed by atoms with Gasteiger partial charge in [-0.25, -0.2) is 29.1 Å². The van der Waals surface area contributed by atoms with E-state index >= 15 is 0 Å². The normalized spacial score (nSPS) is 14.2. The predicted octanol–water partition coefficient (Wildman–Crippen LogP) is 7.47. The van der Waals surface area contributed by atoms with Gasteiger partial charge in [-0.15, -0.1) is 0 Å². The van der Waals surface area contributed by atoms with Crippen molar-refractivity contribution in [3.8, 4) is 62.7 Å². The molecular formula is C48H46ClFN6O9. The van der Waals surface area contributed by atoms with Gasteiger partial charge in [0.15, 0.2) is 5.82 Å². The van der Waals surface area contributed by atoms with Crippen LogP contribution in [-0.4, -0.2) is 117 Å². The van der Waals surface area contributed by atoms with Crippen LogP contribution in [0.3, 0.4) is 0 Å². The van der Waals surface area contributed by atoms with Crippen LogP contribution in [0.5, 0.6) is 28.9 Å². The number of carboxylic acids is 1. The zero-order valence-electron chi connectivity index (χ0n) is 35.8. The molecular weight excluding hydrogens is 859 g/mol. The van der Waals surface area contributed by atoms with Gasteiger partial charge in [0.05, 0.1) is 30.0 Å². The molecule has 4 heterocycles. The molecule has 15 nitrogen and oxygen atoms in total. The Labute approximate surface area is 378 Å². The first kappa shape index (κ1) is 44.7. The molecule has 3 N–H and O–H groups in total. The second kappa shape index (κ2) is 19.9. The summed E-state index contributed by atoms with van der Waals surface area (Å²) in [6, 6.07) is 22.6. The zero-order chi connectivity index (χ0) is 45.6. The molecule has 17 heteroatoms. The molecule has 1 fully saturated rings. The largest absolute Gasteiger partial charge is 0.508 e. The average molecular weight is 905 g/mol. The number of piperazine rings is 1. The van der Waals surface area contributed by atoms with Crippen molar-refractivity contribution in [2.24, 2.45) is 0 Å². The van der Waals surface area contributed by atoms with E-state index in [0.717, 1.165) is 26.2 Å². The Hall–Kier alpha value is -6.85. The summed E-state index contributed by atoms with van der Waals surface area (Å²) in [5, 5.41) is 32.0. The first-order valence-corrected chi connectivity index (χ1v) is 21.2. The number of hydrogen-bond donors (Lipinski definition) is 3. The van der Waals surface area contributed by atoms with Crippen LogP contribution < -0.4 is 18.9 Å². The van der Waals surface area contributed by atoms with Gasteiger partial charge in [-0.1, -0.05) is 29.8 Å². The van der Waals surface area contributed by atoms with E-state index in [1.165, 1.54) is 36.7 Å². The summed E-state index contributed by atoms with van der Waals surface area (Å²) in [6.45, 7) is 5.57. The van der Waals surface area contributed by atoms with Crippen molar-refractivity contribution in [2.45, 2.75) is 32.2 Å². The van der Waals surface area contributed by atoms with E-state index in [2.05, 4.69) is 36.8 Å². The summed E-state index contributed by atoms with van der Waals surface area (Å²) in [6.07, 6.45) is 0.411. The summed E-state index contributed by atoms with van der Waals surface area (Å²) in [7, 11) is 3.64. The molecule has 3 aromatic heterocycles. The van der Waals surface area contributed by atoms with E-state index < -0.39 is 24.0 Å². The summed E-state index contributed by atoms with van der Waals surface area (Å²) < 4.78 is 44.8. The number of aliphatic carboxylic acids is 1. The van der Waals surface area contributed by atoms with Crippen molar-refractivity contribution in [3.05, 3.63) is 125 Å². The van der Waals surface area contributed by atoms with Crippen molar-refractivity contribution < 1.29 is 47.9 Å². The van der Waals surface area contributed by atoms with Gasteiger partial charge in [0.1, 0.15) is 59.0 Å². The van der Waals surface area contributed by atoms with Crippen LogP contribution >= 0.6 is 11.6 Å². The highest BCUT2D eigenvalue weighted by molar-refractivity contribution is 6.33. The fourth-order valence-corrected chi connectivity index (χ4v) is 7.89. The Balaban J connectivity index is 1.11. The Morgan fingerprint density at radius 1 is 0.923 bits per heavy atom. The number of phenols is 1. The third-order valence-corrected chi connectivity index (χ3v) is 11.6. The first-order chi connectivity index (χ1) is 31.5. The fourth-order valence-electron chi connectivity index (χ4n) is 7.68. The van der Waals surface area contributed by atoms with Crippen LogP contribution in [0.1, 0.15) is 16.8 Å². The third-order valence-electron chi connectivity index (χ3n) is 11.2. The fraction of sp³-hybridized carbons (Fsp3) is 0.271. The van der Waals surface area contributed by atoms with Crippen LogP contribution in [0.15, 0.2) is 102 Å². The monoisotopic (exact) mass is 904 g/mol. The van der Waals surface area contributed by atoms with Gasteiger partial charge in [-0.3, -0.25) is 4.90 Å². The average Bonchev–Trinajstić information content (AvgIpc) is 3.71. The number of hydrogen-bond acceptors (Lipinski definition) is 14. The molecule has 336 valence electrons. The molecule has 0 bridgehead atoms. The molecule has 0 aliphatic carbocycles. The minimum Gasteiger partial charge on any atom is -0.508 e. The summed E-state index contributed by atoms with van der Waals surface area (Å²) in [5.74, 6) is -0.0789. The second-order valence-electron chi connectivity index (χ2n) is 15.6. The van der Waals surface area contributed by atoms with Crippen LogP contribution in [0, 0.1) is 12.7 Å². The lowest BCUT2D eigenvalue weighted by atomic mass is 9.95. The minimum absolute atomic E-state index is 0.0131. The zero-order valence-corrected chi connectivity index (χ0v) is 36.5. The van der Waals surface area contributed by atoms with Crippen LogP contribution in [0.25, 0.3) is 44.9 Å². The number of nitrogens with zero attached hydrogens (tertiary/aromatic N) is 6. The number of phenolic OH excluding ortho intramolecular Hbond substituents is 1. The van der Waals surface area contributed by atoms with Crippen LogP contribution in [-0.2, 0) is 17.8 Å². The number of carbonyl (C=O) groups is 1. The minimum atomic E-state index is -1.57. The van der Waals surface area contributed by atoms with E-state index in [0.29, 0.717) is 62.9 Å². The smallest absolute Gasteiger partial charge is 0.345 e. The van der Waals surface area contributed by atoms with Crippen molar-refractivity contribution in [2.75, 3.05) is 53.5 Å². The number of para-hydroxylation sites is 1. The lowest BCUT2D eigenvalue weighted by Gasteiger charge is -2.34. The summed E-state index contributed by atoms with van der Waals surface area (Å²) in [4.78, 5) is 35.4. The molecule has 0 spiro atoms. The maximum atomic E-state index is 14.2. The molecule has 0 saturated carbocycles. The number of methoxy groups -OCH3 is 1. The molecule has 65 heavy (non-hydrogen) atoms. The lowest BCUT2D eigenvalue weighted by Crippen LogP contribution is -2.48. The van der Waals surface area contributed by atoms with Gasteiger partial charge < -0.3 is 43.6 Å². The maximum Gasteiger partial charge on any atom is 0.345 e. The van der Waals surface area contributed by atoms with Crippen LogP contribution in [0.2, 0.25) is 5.02 Å². The van der Waals surface area contributed by atoms with Crippen LogP contribution in [0.4, 0.5) is 4.39 Å². The number of ether oxygens (including phenoxy) is 4. The van der Waals surface area contributed by atoms with Crippen molar-refractivity contribution in [3.63, 3.8) is 0 Å². The SMILES string of the molecule is COc1ccccc1-c1nccc(COc2ccc(O)cc2CC(Oc2ncnc3oc(-c4ccc(F)cc4)c(-c4ccc(OC(CO)CN5CCN(C)CC5)c(Cl)c4C)c23)C(=O)O)n1. The van der Waals surface area contributed by atoms with E-state index in [9.17, 15) is 24.5 Å². The van der Waals surface area contributed by atoms with Crippen molar-refractivity contribution >= 4 is 28.7 Å². The van der Waals surface area contributed by atoms with Crippen molar-refractivity contribution in [1.29, 1.82) is 0 Å². The molecule has 1 aliphatic rings. The highest BCUT2D eigenvalue weighted by Gasteiger charge is 2.30. The van der Waals surface area contributed by atoms with Gasteiger partial charge in [0, 0.05) is 62.0 Å². The number of aliphatic hydroxyl groups is 1. The number of aromatic hydroxyl groups is 1. The van der Waals surface area contributed by atoms with E-state index in [1.807, 2.05) is 24.3 Å². The second-order valence-corrected chi connectivity index (χ2v) is 15.9. The number of carboxylic acid groups (broad SMARTS) is 1.